The minimum absolute atomic E-state index is 0.915. The van der Waals surface area contributed by atoms with Crippen LogP contribution in [0.15, 0.2) is 175 Å². The lowest BCUT2D eigenvalue weighted by atomic mass is 9.93. The Balaban J connectivity index is 0.995. The Morgan fingerprint density at radius 1 is 0.327 bits per heavy atom. The van der Waals surface area contributed by atoms with Gasteiger partial charge in [-0.1, -0.05) is 133 Å². The molecule has 228 valence electrons. The van der Waals surface area contributed by atoms with Gasteiger partial charge in [0.05, 0.1) is 11.0 Å². The van der Waals surface area contributed by atoms with Crippen LogP contribution in [0.4, 0.5) is 0 Å². The molecule has 0 fully saturated rings. The molecule has 0 spiro atoms. The molecular formula is C46H28N2O. The predicted octanol–water partition coefficient (Wildman–Crippen LogP) is 12.5. The molecule has 0 unspecified atom stereocenters. The summed E-state index contributed by atoms with van der Waals surface area (Å²) in [6, 6.07) is 56.3. The summed E-state index contributed by atoms with van der Waals surface area (Å²) in [6.07, 6.45) is 3.55. The maximum Gasteiger partial charge on any atom is 0.143 e. The largest absolute Gasteiger partial charge is 0.455 e. The number of hydrogen-bond acceptors (Lipinski definition) is 3. The van der Waals surface area contributed by atoms with Gasteiger partial charge in [0.1, 0.15) is 11.2 Å². The monoisotopic (exact) mass is 624 g/mol. The second-order valence-electron chi connectivity index (χ2n) is 12.6. The third-order valence-electron chi connectivity index (χ3n) is 9.77. The fraction of sp³-hybridized carbons (Fsp3) is 0. The zero-order valence-corrected chi connectivity index (χ0v) is 26.5. The number of fused-ring (bicyclic) bond motifs is 9. The van der Waals surface area contributed by atoms with Gasteiger partial charge in [-0.3, -0.25) is 9.97 Å². The summed E-state index contributed by atoms with van der Waals surface area (Å²) in [4.78, 5) is 9.40. The van der Waals surface area contributed by atoms with Crippen molar-refractivity contribution in [2.45, 2.75) is 0 Å². The highest BCUT2D eigenvalue weighted by Gasteiger charge is 2.14. The van der Waals surface area contributed by atoms with Crippen LogP contribution in [0.3, 0.4) is 0 Å². The zero-order valence-electron chi connectivity index (χ0n) is 26.5. The second kappa shape index (κ2) is 11.0. The van der Waals surface area contributed by atoms with E-state index in [1.807, 2.05) is 12.1 Å². The van der Waals surface area contributed by atoms with Gasteiger partial charge in [0.15, 0.2) is 0 Å². The molecular weight excluding hydrogens is 597 g/mol. The van der Waals surface area contributed by atoms with E-state index in [0.29, 0.717) is 0 Å². The Morgan fingerprint density at radius 2 is 0.837 bits per heavy atom. The van der Waals surface area contributed by atoms with Gasteiger partial charge in [-0.2, -0.15) is 0 Å². The Kier molecular flexibility index (Phi) is 6.18. The predicted molar refractivity (Wildman–Crippen MR) is 204 cm³/mol. The van der Waals surface area contributed by atoms with Crippen molar-refractivity contribution in [1.82, 2.24) is 9.97 Å². The van der Waals surface area contributed by atoms with E-state index in [0.717, 1.165) is 54.9 Å². The summed E-state index contributed by atoms with van der Waals surface area (Å²) in [7, 11) is 0. The van der Waals surface area contributed by atoms with E-state index in [4.69, 9.17) is 9.40 Å². The number of hydrogen-bond donors (Lipinski definition) is 0. The van der Waals surface area contributed by atoms with Crippen LogP contribution >= 0.6 is 0 Å². The van der Waals surface area contributed by atoms with E-state index >= 15 is 0 Å². The lowest BCUT2D eigenvalue weighted by molar-refractivity contribution is 0.670. The molecule has 0 amide bonds. The SMILES string of the molecule is c1cc(-c2ccc(-c3cccc(-c4cccc5c4oc4ccccc45)c3)cc2)cc(-c2ccc3c(c2)c2ccccc2c2nccnc32)c1. The fourth-order valence-electron chi connectivity index (χ4n) is 7.38. The van der Waals surface area contributed by atoms with Gasteiger partial charge in [-0.15, -0.1) is 0 Å². The Labute approximate surface area is 282 Å². The number of nitrogens with zero attached hydrogens (tertiary/aromatic N) is 2. The van der Waals surface area contributed by atoms with Crippen molar-refractivity contribution in [1.29, 1.82) is 0 Å². The molecule has 2 heterocycles. The number of benzene rings is 8. The van der Waals surface area contributed by atoms with Gasteiger partial charge in [0.25, 0.3) is 0 Å². The van der Waals surface area contributed by atoms with Crippen LogP contribution in [0, 0.1) is 0 Å². The lowest BCUT2D eigenvalue weighted by Gasteiger charge is -2.12. The summed E-state index contributed by atoms with van der Waals surface area (Å²) in [5.74, 6) is 0. The summed E-state index contributed by atoms with van der Waals surface area (Å²) in [5.41, 5.74) is 13.0. The maximum absolute atomic E-state index is 6.34. The molecule has 49 heavy (non-hydrogen) atoms. The Hall–Kier alpha value is -6.58. The first kappa shape index (κ1) is 27.5. The van der Waals surface area contributed by atoms with Crippen molar-refractivity contribution in [3.63, 3.8) is 0 Å². The van der Waals surface area contributed by atoms with E-state index in [2.05, 4.69) is 151 Å². The van der Waals surface area contributed by atoms with Gasteiger partial charge in [-0.25, -0.2) is 0 Å². The van der Waals surface area contributed by atoms with Crippen LogP contribution < -0.4 is 0 Å². The minimum Gasteiger partial charge on any atom is -0.455 e. The number of rotatable bonds is 4. The van der Waals surface area contributed by atoms with E-state index in [9.17, 15) is 0 Å². The molecule has 8 aromatic carbocycles. The van der Waals surface area contributed by atoms with E-state index in [1.54, 1.807) is 12.4 Å². The number of aromatic nitrogens is 2. The molecule has 10 aromatic rings. The molecule has 0 aliphatic carbocycles. The van der Waals surface area contributed by atoms with Crippen LogP contribution in [0.5, 0.6) is 0 Å². The van der Waals surface area contributed by atoms with Crippen molar-refractivity contribution in [2.75, 3.05) is 0 Å². The molecule has 0 saturated carbocycles. The third kappa shape index (κ3) is 4.51. The van der Waals surface area contributed by atoms with Crippen molar-refractivity contribution in [3.8, 4) is 44.5 Å². The van der Waals surface area contributed by atoms with Gasteiger partial charge >= 0.3 is 0 Å². The molecule has 0 radical (unpaired) electrons. The van der Waals surface area contributed by atoms with Crippen molar-refractivity contribution >= 4 is 54.5 Å². The van der Waals surface area contributed by atoms with Gasteiger partial charge in [0, 0.05) is 39.5 Å². The van der Waals surface area contributed by atoms with Crippen LogP contribution in [0.25, 0.3) is 99.0 Å². The van der Waals surface area contributed by atoms with E-state index in [-0.39, 0.29) is 0 Å². The zero-order chi connectivity index (χ0) is 32.3. The standard InChI is InChI=1S/C46H28N2O/c1-2-14-39-37(12-1)42-28-34(22-23-40(42)45-44(39)47-24-25-48-45)33-10-5-8-31(26-33)29-18-20-30(21-19-29)32-9-6-11-35(27-32)36-15-7-16-41-38-13-3-4-17-43(38)49-46(36)41/h1-28H. The molecule has 3 nitrogen and oxygen atoms in total. The topological polar surface area (TPSA) is 38.9 Å². The molecule has 0 bridgehead atoms. The smallest absolute Gasteiger partial charge is 0.143 e. The maximum atomic E-state index is 6.34. The second-order valence-corrected chi connectivity index (χ2v) is 12.6. The molecule has 3 heteroatoms. The van der Waals surface area contributed by atoms with Crippen LogP contribution in [0.2, 0.25) is 0 Å². The molecule has 2 aromatic heterocycles. The summed E-state index contributed by atoms with van der Waals surface area (Å²) in [5, 5.41) is 6.92. The molecule has 10 rings (SSSR count). The Morgan fingerprint density at radius 3 is 1.57 bits per heavy atom. The number of furan rings is 1. The molecule has 0 atom stereocenters. The normalized spacial score (nSPS) is 11.7. The third-order valence-corrected chi connectivity index (χ3v) is 9.77. The lowest BCUT2D eigenvalue weighted by Crippen LogP contribution is -1.89. The van der Waals surface area contributed by atoms with Crippen molar-refractivity contribution < 1.29 is 4.42 Å². The summed E-state index contributed by atoms with van der Waals surface area (Å²) >= 11 is 0. The van der Waals surface area contributed by atoms with Crippen LogP contribution in [0.1, 0.15) is 0 Å². The molecule has 0 aliphatic rings. The summed E-state index contributed by atoms with van der Waals surface area (Å²) < 4.78 is 6.34. The van der Waals surface area contributed by atoms with Crippen molar-refractivity contribution in [3.05, 3.63) is 170 Å². The van der Waals surface area contributed by atoms with Gasteiger partial charge in [0.2, 0.25) is 0 Å². The first-order valence-electron chi connectivity index (χ1n) is 16.6. The average molecular weight is 625 g/mol. The fourth-order valence-corrected chi connectivity index (χ4v) is 7.38. The average Bonchev–Trinajstić information content (AvgIpc) is 3.57. The highest BCUT2D eigenvalue weighted by molar-refractivity contribution is 6.23. The highest BCUT2D eigenvalue weighted by Crippen LogP contribution is 2.38. The first-order valence-corrected chi connectivity index (χ1v) is 16.6. The number of para-hydroxylation sites is 2. The van der Waals surface area contributed by atoms with Crippen molar-refractivity contribution in [2.24, 2.45) is 0 Å². The van der Waals surface area contributed by atoms with Crippen LogP contribution in [-0.2, 0) is 0 Å². The van der Waals surface area contributed by atoms with Gasteiger partial charge < -0.3 is 4.42 Å². The molecule has 0 aliphatic heterocycles. The summed E-state index contributed by atoms with van der Waals surface area (Å²) in [6.45, 7) is 0. The van der Waals surface area contributed by atoms with Gasteiger partial charge in [-0.05, 0) is 74.0 Å². The van der Waals surface area contributed by atoms with Crippen LogP contribution in [-0.4, -0.2) is 9.97 Å². The Bertz CT molecular complexity index is 2850. The quantitative estimate of drug-likeness (QED) is 0.183. The highest BCUT2D eigenvalue weighted by atomic mass is 16.3. The minimum atomic E-state index is 0.915. The first-order chi connectivity index (χ1) is 24.3. The molecule has 0 N–H and O–H groups in total. The van der Waals surface area contributed by atoms with E-state index < -0.39 is 0 Å². The molecule has 0 saturated heterocycles. The van der Waals surface area contributed by atoms with E-state index in [1.165, 1.54) is 44.2 Å².